The molecule has 9 heteroatoms. The minimum absolute atomic E-state index is 0.0948. The Kier molecular flexibility index (Phi) is 8.50. The lowest BCUT2D eigenvalue weighted by molar-refractivity contribution is -0.121. The van der Waals surface area contributed by atoms with Crippen molar-refractivity contribution in [3.8, 4) is 17.2 Å². The number of methoxy groups -OCH3 is 1. The maximum atomic E-state index is 12.4. The summed E-state index contributed by atoms with van der Waals surface area (Å²) >= 11 is 0. The molecule has 2 N–H and O–H groups in total. The van der Waals surface area contributed by atoms with Crippen molar-refractivity contribution in [3.05, 3.63) is 70.6 Å². The Hall–Kier alpha value is -4.01. The summed E-state index contributed by atoms with van der Waals surface area (Å²) in [6, 6.07) is 12.0. The number of nitrogens with one attached hydrogen (secondary N) is 2. The lowest BCUT2D eigenvalue weighted by Gasteiger charge is -2.12. The zero-order valence-electron chi connectivity index (χ0n) is 19.8. The molecular formula is C25H29N3O6. The summed E-state index contributed by atoms with van der Waals surface area (Å²) in [5.41, 5.74) is 7.67. The summed E-state index contributed by atoms with van der Waals surface area (Å²) in [5.74, 6) is 1.59. The molecule has 0 atom stereocenters. The van der Waals surface area contributed by atoms with E-state index >= 15 is 0 Å². The molecule has 0 spiro atoms. The lowest BCUT2D eigenvalue weighted by Crippen LogP contribution is -2.42. The van der Waals surface area contributed by atoms with E-state index in [9.17, 15) is 9.59 Å². The monoisotopic (exact) mass is 467 g/mol. The van der Waals surface area contributed by atoms with Crippen molar-refractivity contribution < 1.29 is 28.3 Å². The zero-order chi connectivity index (χ0) is 24.5. The maximum absolute atomic E-state index is 12.4. The van der Waals surface area contributed by atoms with Gasteiger partial charge in [-0.2, -0.15) is 0 Å². The van der Waals surface area contributed by atoms with Crippen LogP contribution >= 0.6 is 0 Å². The number of aromatic nitrogens is 1. The van der Waals surface area contributed by atoms with Crippen molar-refractivity contribution in [2.45, 2.75) is 40.2 Å². The van der Waals surface area contributed by atoms with Crippen LogP contribution in [0.1, 0.15) is 46.3 Å². The Morgan fingerprint density at radius 2 is 1.76 bits per heavy atom. The molecular weight excluding hydrogens is 438 g/mol. The van der Waals surface area contributed by atoms with E-state index in [1.165, 1.54) is 7.11 Å². The minimum Gasteiger partial charge on any atom is -0.493 e. The van der Waals surface area contributed by atoms with Gasteiger partial charge >= 0.3 is 0 Å². The molecule has 0 unspecified atom stereocenters. The van der Waals surface area contributed by atoms with Crippen LogP contribution < -0.4 is 25.1 Å². The number of hydrogen-bond acceptors (Lipinski definition) is 7. The van der Waals surface area contributed by atoms with Crippen LogP contribution in [0, 0.1) is 13.8 Å². The molecule has 0 radical (unpaired) electrons. The number of nitrogens with zero attached hydrogens (tertiary/aromatic N) is 1. The molecule has 0 saturated carbocycles. The third-order valence-corrected chi connectivity index (χ3v) is 5.06. The predicted octanol–water partition coefficient (Wildman–Crippen LogP) is 3.67. The second-order valence-corrected chi connectivity index (χ2v) is 7.63. The normalized spacial score (nSPS) is 10.5. The molecule has 34 heavy (non-hydrogen) atoms. The third kappa shape index (κ3) is 6.50. The summed E-state index contributed by atoms with van der Waals surface area (Å²) in [5, 5.41) is 3.91. The van der Waals surface area contributed by atoms with E-state index in [1.807, 2.05) is 20.8 Å². The molecule has 3 aromatic rings. The fraction of sp³-hybridized carbons (Fsp3) is 0.320. The highest BCUT2D eigenvalue weighted by atomic mass is 16.5. The van der Waals surface area contributed by atoms with E-state index in [-0.39, 0.29) is 12.3 Å². The van der Waals surface area contributed by atoms with E-state index in [2.05, 4.69) is 16.0 Å². The van der Waals surface area contributed by atoms with Crippen LogP contribution in [0.15, 0.2) is 47.0 Å². The van der Waals surface area contributed by atoms with Gasteiger partial charge in [0.2, 0.25) is 5.91 Å². The quantitative estimate of drug-likeness (QED) is 0.438. The van der Waals surface area contributed by atoms with Gasteiger partial charge in [-0.25, -0.2) is 0 Å². The van der Waals surface area contributed by atoms with Crippen molar-refractivity contribution in [1.29, 1.82) is 0 Å². The number of ether oxygens (including phenoxy) is 3. The molecule has 0 fully saturated rings. The third-order valence-electron chi connectivity index (χ3n) is 5.06. The molecule has 3 rings (SSSR count). The van der Waals surface area contributed by atoms with Crippen LogP contribution in [-0.4, -0.2) is 30.7 Å². The molecule has 1 aromatic heterocycles. The molecule has 0 aliphatic heterocycles. The topological polar surface area (TPSA) is 112 Å². The SMILES string of the molecule is CCCOc1ccc(C(=O)NNC(=O)Cc2ccc(OCc3c(C)noc3C)cc2)cc1OC. The van der Waals surface area contributed by atoms with Crippen LogP contribution in [0.5, 0.6) is 17.2 Å². The van der Waals surface area contributed by atoms with Crippen molar-refractivity contribution in [1.82, 2.24) is 16.0 Å². The van der Waals surface area contributed by atoms with Crippen molar-refractivity contribution in [2.24, 2.45) is 0 Å². The average Bonchev–Trinajstić information content (AvgIpc) is 3.17. The van der Waals surface area contributed by atoms with Gasteiger partial charge in [-0.3, -0.25) is 20.4 Å². The highest BCUT2D eigenvalue weighted by Crippen LogP contribution is 2.28. The summed E-state index contributed by atoms with van der Waals surface area (Å²) in [6.07, 6.45) is 0.952. The van der Waals surface area contributed by atoms with Gasteiger partial charge in [0, 0.05) is 5.56 Å². The zero-order valence-corrected chi connectivity index (χ0v) is 19.8. The first kappa shape index (κ1) is 24.6. The number of hydrazine groups is 1. The standard InChI is InChI=1S/C25H29N3O6/c1-5-12-32-22-11-8-19(14-23(22)31-4)25(30)27-26-24(29)13-18-6-9-20(10-7-18)33-15-21-16(2)28-34-17(21)3/h6-11,14H,5,12-13,15H2,1-4H3,(H,26,29)(H,27,30). The van der Waals surface area contributed by atoms with Crippen LogP contribution in [0.25, 0.3) is 0 Å². The highest BCUT2D eigenvalue weighted by molar-refractivity contribution is 5.96. The van der Waals surface area contributed by atoms with Crippen LogP contribution in [-0.2, 0) is 17.8 Å². The lowest BCUT2D eigenvalue weighted by atomic mass is 10.1. The number of carbonyl (C=O) groups is 2. The number of amides is 2. The minimum atomic E-state index is -0.461. The number of rotatable bonds is 10. The number of benzene rings is 2. The molecule has 9 nitrogen and oxygen atoms in total. The second kappa shape index (κ2) is 11.7. The number of aryl methyl sites for hydroxylation is 2. The van der Waals surface area contributed by atoms with E-state index in [4.69, 9.17) is 18.7 Å². The van der Waals surface area contributed by atoms with Gasteiger partial charge in [0.15, 0.2) is 11.5 Å². The van der Waals surface area contributed by atoms with Crippen molar-refractivity contribution in [3.63, 3.8) is 0 Å². The van der Waals surface area contributed by atoms with Gasteiger partial charge < -0.3 is 18.7 Å². The molecule has 2 aromatic carbocycles. The van der Waals surface area contributed by atoms with Crippen LogP contribution in [0.2, 0.25) is 0 Å². The second-order valence-electron chi connectivity index (χ2n) is 7.63. The summed E-state index contributed by atoms with van der Waals surface area (Å²) < 4.78 is 21.8. The van der Waals surface area contributed by atoms with Crippen molar-refractivity contribution in [2.75, 3.05) is 13.7 Å². The fourth-order valence-corrected chi connectivity index (χ4v) is 3.14. The highest BCUT2D eigenvalue weighted by Gasteiger charge is 2.13. The van der Waals surface area contributed by atoms with Gasteiger partial charge in [-0.15, -0.1) is 0 Å². The average molecular weight is 468 g/mol. The van der Waals surface area contributed by atoms with Crippen LogP contribution in [0.3, 0.4) is 0 Å². The Morgan fingerprint density at radius 3 is 2.41 bits per heavy atom. The Balaban J connectivity index is 1.48. The van der Waals surface area contributed by atoms with Gasteiger partial charge in [0.05, 0.1) is 31.4 Å². The maximum Gasteiger partial charge on any atom is 0.269 e. The smallest absolute Gasteiger partial charge is 0.269 e. The molecule has 0 aliphatic carbocycles. The van der Waals surface area contributed by atoms with Gasteiger partial charge in [0.1, 0.15) is 18.1 Å². The summed E-state index contributed by atoms with van der Waals surface area (Å²) in [7, 11) is 1.50. The van der Waals surface area contributed by atoms with E-state index in [1.54, 1.807) is 42.5 Å². The fourth-order valence-electron chi connectivity index (χ4n) is 3.14. The Morgan fingerprint density at radius 1 is 1.00 bits per heavy atom. The van der Waals surface area contributed by atoms with Gasteiger partial charge in [-0.1, -0.05) is 24.2 Å². The Labute approximate surface area is 198 Å². The number of hydrogen-bond donors (Lipinski definition) is 2. The van der Waals surface area contributed by atoms with Crippen molar-refractivity contribution >= 4 is 11.8 Å². The molecule has 1 heterocycles. The summed E-state index contributed by atoms with van der Waals surface area (Å²) in [6.45, 7) is 6.60. The predicted molar refractivity (Wildman–Crippen MR) is 125 cm³/mol. The van der Waals surface area contributed by atoms with E-state index in [0.717, 1.165) is 29.0 Å². The summed E-state index contributed by atoms with van der Waals surface area (Å²) in [4.78, 5) is 24.7. The Bertz CT molecular complexity index is 1100. The largest absolute Gasteiger partial charge is 0.493 e. The van der Waals surface area contributed by atoms with E-state index in [0.29, 0.717) is 36.0 Å². The first-order chi connectivity index (χ1) is 16.4. The van der Waals surface area contributed by atoms with E-state index < -0.39 is 5.91 Å². The molecule has 2 amide bonds. The first-order valence-corrected chi connectivity index (χ1v) is 10.9. The molecule has 0 aliphatic rings. The molecule has 0 saturated heterocycles. The molecule has 180 valence electrons. The molecule has 0 bridgehead atoms. The van der Waals surface area contributed by atoms with Gasteiger partial charge in [0.25, 0.3) is 5.91 Å². The number of carbonyl (C=O) groups excluding carboxylic acids is 2. The van der Waals surface area contributed by atoms with Gasteiger partial charge in [-0.05, 0) is 56.2 Å². The first-order valence-electron chi connectivity index (χ1n) is 10.9. The van der Waals surface area contributed by atoms with Crippen LogP contribution in [0.4, 0.5) is 0 Å².